The van der Waals surface area contributed by atoms with Crippen molar-refractivity contribution >= 4 is 16.9 Å². The molecule has 5 rings (SSSR count). The summed E-state index contributed by atoms with van der Waals surface area (Å²) in [6.45, 7) is 2.89. The highest BCUT2D eigenvalue weighted by Crippen LogP contribution is 2.32. The highest BCUT2D eigenvalue weighted by Gasteiger charge is 2.24. The summed E-state index contributed by atoms with van der Waals surface area (Å²) in [6, 6.07) is 12.1. The van der Waals surface area contributed by atoms with Crippen LogP contribution in [0.15, 0.2) is 47.2 Å². The molecule has 8 nitrogen and oxygen atoms in total. The zero-order chi connectivity index (χ0) is 18.9. The number of nitrogens with one attached hydrogen (secondary N) is 1. The van der Waals surface area contributed by atoms with E-state index < -0.39 is 0 Å². The van der Waals surface area contributed by atoms with Crippen molar-refractivity contribution in [2.24, 2.45) is 5.92 Å². The van der Waals surface area contributed by atoms with E-state index in [1.165, 1.54) is 12.8 Å². The van der Waals surface area contributed by atoms with Crippen LogP contribution in [0.5, 0.6) is 0 Å². The normalized spacial score (nSPS) is 17.2. The maximum absolute atomic E-state index is 6.00. The second-order valence-electron chi connectivity index (χ2n) is 7.15. The van der Waals surface area contributed by atoms with E-state index in [0.717, 1.165) is 41.9 Å². The summed E-state index contributed by atoms with van der Waals surface area (Å²) >= 11 is 0. The predicted molar refractivity (Wildman–Crippen MR) is 106 cm³/mol. The predicted octanol–water partition coefficient (Wildman–Crippen LogP) is 2.73. The molecule has 0 aliphatic carbocycles. The highest BCUT2D eigenvalue weighted by molar-refractivity contribution is 5.92. The van der Waals surface area contributed by atoms with Gasteiger partial charge < -0.3 is 15.6 Å². The summed E-state index contributed by atoms with van der Waals surface area (Å²) in [6.07, 6.45) is 4.18. The van der Waals surface area contributed by atoms with Crippen LogP contribution in [0.1, 0.15) is 12.8 Å². The van der Waals surface area contributed by atoms with E-state index in [1.807, 2.05) is 42.6 Å². The molecule has 1 aliphatic rings. The van der Waals surface area contributed by atoms with Crippen LogP contribution in [-0.4, -0.2) is 37.9 Å². The SMILES string of the molecule is Nc1nonc1-c1nc2c(-c3ccccc3)nccc2n1CC1CCCNC1. The Morgan fingerprint density at radius 3 is 2.79 bits per heavy atom. The number of rotatable bonds is 4. The maximum atomic E-state index is 6.00. The Morgan fingerprint density at radius 1 is 1.14 bits per heavy atom. The first kappa shape index (κ1) is 16.9. The zero-order valence-electron chi connectivity index (χ0n) is 15.4. The van der Waals surface area contributed by atoms with Crippen LogP contribution in [0, 0.1) is 5.92 Å². The molecule has 1 atom stereocenters. The topological polar surface area (TPSA) is 108 Å². The molecule has 3 N–H and O–H groups in total. The van der Waals surface area contributed by atoms with Gasteiger partial charge in [0.2, 0.25) is 0 Å². The third-order valence-corrected chi connectivity index (χ3v) is 5.28. The summed E-state index contributed by atoms with van der Waals surface area (Å²) in [7, 11) is 0. The Balaban J connectivity index is 1.70. The number of nitrogen functional groups attached to an aromatic ring is 1. The third-order valence-electron chi connectivity index (χ3n) is 5.28. The highest BCUT2D eigenvalue weighted by atomic mass is 16.6. The minimum Gasteiger partial charge on any atom is -0.379 e. The lowest BCUT2D eigenvalue weighted by Gasteiger charge is -2.24. The van der Waals surface area contributed by atoms with Gasteiger partial charge in [0, 0.05) is 18.3 Å². The molecule has 0 bridgehead atoms. The van der Waals surface area contributed by atoms with Gasteiger partial charge in [0.25, 0.3) is 0 Å². The molecule has 1 fully saturated rings. The number of hydrogen-bond acceptors (Lipinski definition) is 7. The number of benzene rings is 1. The number of nitrogens with two attached hydrogens (primary N) is 1. The molecule has 1 unspecified atom stereocenters. The molecule has 28 heavy (non-hydrogen) atoms. The number of fused-ring (bicyclic) bond motifs is 1. The number of anilines is 1. The Kier molecular flexibility index (Phi) is 4.25. The minimum absolute atomic E-state index is 0.243. The lowest BCUT2D eigenvalue weighted by molar-refractivity contribution is 0.309. The van der Waals surface area contributed by atoms with Gasteiger partial charge in [-0.2, -0.15) is 0 Å². The average molecular weight is 375 g/mol. The number of imidazole rings is 1. The second-order valence-corrected chi connectivity index (χ2v) is 7.15. The van der Waals surface area contributed by atoms with Crippen LogP contribution in [0.2, 0.25) is 0 Å². The lowest BCUT2D eigenvalue weighted by atomic mass is 9.99. The van der Waals surface area contributed by atoms with Crippen LogP contribution >= 0.6 is 0 Å². The fourth-order valence-corrected chi connectivity index (χ4v) is 3.91. The molecule has 0 spiro atoms. The van der Waals surface area contributed by atoms with E-state index in [1.54, 1.807) is 0 Å². The van der Waals surface area contributed by atoms with Crippen molar-refractivity contribution in [1.29, 1.82) is 0 Å². The van der Waals surface area contributed by atoms with E-state index in [4.69, 9.17) is 15.3 Å². The van der Waals surface area contributed by atoms with Gasteiger partial charge in [0.1, 0.15) is 5.52 Å². The molecule has 1 aliphatic heterocycles. The van der Waals surface area contributed by atoms with Crippen molar-refractivity contribution in [2.75, 3.05) is 18.8 Å². The number of nitrogens with zero attached hydrogens (tertiary/aromatic N) is 5. The molecular formula is C20H21N7O. The van der Waals surface area contributed by atoms with Gasteiger partial charge >= 0.3 is 0 Å². The van der Waals surface area contributed by atoms with Gasteiger partial charge in [-0.1, -0.05) is 30.3 Å². The quantitative estimate of drug-likeness (QED) is 0.564. The Hall–Kier alpha value is -3.26. The Morgan fingerprint density at radius 2 is 2.04 bits per heavy atom. The van der Waals surface area contributed by atoms with Crippen molar-refractivity contribution in [3.8, 4) is 22.8 Å². The van der Waals surface area contributed by atoms with Gasteiger partial charge in [-0.25, -0.2) is 9.61 Å². The molecule has 4 aromatic rings. The fraction of sp³-hybridized carbons (Fsp3) is 0.300. The molecule has 3 aromatic heterocycles. The van der Waals surface area contributed by atoms with Gasteiger partial charge in [-0.05, 0) is 48.2 Å². The van der Waals surface area contributed by atoms with Gasteiger partial charge in [-0.3, -0.25) is 4.98 Å². The molecule has 0 amide bonds. The monoisotopic (exact) mass is 375 g/mol. The van der Waals surface area contributed by atoms with Crippen LogP contribution in [-0.2, 0) is 6.54 Å². The molecule has 0 radical (unpaired) electrons. The Bertz CT molecular complexity index is 1100. The van der Waals surface area contributed by atoms with Crippen molar-refractivity contribution < 1.29 is 4.63 Å². The van der Waals surface area contributed by atoms with E-state index in [0.29, 0.717) is 17.4 Å². The number of pyridine rings is 1. The molecule has 0 saturated carbocycles. The standard InChI is InChI=1S/C20H21N7O/c21-19-18(25-28-26-19)20-24-17-15(27(20)12-13-5-4-9-22-11-13)8-10-23-16(17)14-6-2-1-3-7-14/h1-3,6-8,10,13,22H,4-5,9,11-12H2,(H2,21,26). The van der Waals surface area contributed by atoms with Crippen molar-refractivity contribution in [3.05, 3.63) is 42.6 Å². The van der Waals surface area contributed by atoms with Crippen molar-refractivity contribution in [3.63, 3.8) is 0 Å². The summed E-state index contributed by atoms with van der Waals surface area (Å²) in [5, 5.41) is 11.2. The summed E-state index contributed by atoms with van der Waals surface area (Å²) in [4.78, 5) is 9.50. The third kappa shape index (κ3) is 2.91. The Labute approximate surface area is 161 Å². The lowest BCUT2D eigenvalue weighted by Crippen LogP contribution is -2.32. The maximum Gasteiger partial charge on any atom is 0.199 e. The van der Waals surface area contributed by atoms with Crippen LogP contribution < -0.4 is 11.1 Å². The molecule has 1 saturated heterocycles. The molecule has 4 heterocycles. The summed E-state index contributed by atoms with van der Waals surface area (Å²) < 4.78 is 7.03. The molecular weight excluding hydrogens is 354 g/mol. The van der Waals surface area contributed by atoms with Gasteiger partial charge in [0.05, 0.1) is 11.2 Å². The largest absolute Gasteiger partial charge is 0.379 e. The van der Waals surface area contributed by atoms with Crippen LogP contribution in [0.3, 0.4) is 0 Å². The minimum atomic E-state index is 0.243. The van der Waals surface area contributed by atoms with E-state index in [2.05, 4.69) is 25.2 Å². The number of aromatic nitrogens is 5. The molecule has 142 valence electrons. The van der Waals surface area contributed by atoms with E-state index >= 15 is 0 Å². The number of hydrogen-bond donors (Lipinski definition) is 2. The van der Waals surface area contributed by atoms with E-state index in [-0.39, 0.29) is 5.82 Å². The zero-order valence-corrected chi connectivity index (χ0v) is 15.4. The summed E-state index contributed by atoms with van der Waals surface area (Å²) in [5.74, 6) is 1.43. The second kappa shape index (κ2) is 7.05. The molecule has 8 heteroatoms. The first-order valence-corrected chi connectivity index (χ1v) is 9.51. The molecule has 1 aromatic carbocycles. The number of piperidine rings is 1. The first-order valence-electron chi connectivity index (χ1n) is 9.51. The smallest absolute Gasteiger partial charge is 0.199 e. The van der Waals surface area contributed by atoms with Crippen LogP contribution in [0.4, 0.5) is 5.82 Å². The fourth-order valence-electron chi connectivity index (χ4n) is 3.91. The average Bonchev–Trinajstić information content (AvgIpc) is 3.32. The van der Waals surface area contributed by atoms with Gasteiger partial charge in [0.15, 0.2) is 17.3 Å². The van der Waals surface area contributed by atoms with Crippen molar-refractivity contribution in [1.82, 2.24) is 30.2 Å². The van der Waals surface area contributed by atoms with Crippen molar-refractivity contribution in [2.45, 2.75) is 19.4 Å². The summed E-state index contributed by atoms with van der Waals surface area (Å²) in [5.41, 5.74) is 10.2. The van der Waals surface area contributed by atoms with E-state index in [9.17, 15) is 0 Å². The first-order chi connectivity index (χ1) is 13.8. The van der Waals surface area contributed by atoms with Gasteiger partial charge in [-0.15, -0.1) is 0 Å². The van der Waals surface area contributed by atoms with Crippen LogP contribution in [0.25, 0.3) is 33.8 Å².